The van der Waals surface area contributed by atoms with E-state index in [2.05, 4.69) is 31.9 Å². The normalized spacial score (nSPS) is 12.4. The number of hydrogen-bond donors (Lipinski definition) is 3. The van der Waals surface area contributed by atoms with Crippen LogP contribution >= 0.6 is 0 Å². The van der Waals surface area contributed by atoms with Gasteiger partial charge in [-0.3, -0.25) is 9.59 Å². The second-order valence-corrected chi connectivity index (χ2v) is 10.5. The lowest BCUT2D eigenvalue weighted by Crippen LogP contribution is -2.55. The number of nitrogens with one attached hydrogen (secondary N) is 3. The highest BCUT2D eigenvalue weighted by molar-refractivity contribution is 5.92. The van der Waals surface area contributed by atoms with Gasteiger partial charge < -0.3 is 30.2 Å². The van der Waals surface area contributed by atoms with Gasteiger partial charge in [0.2, 0.25) is 11.8 Å². The topological polar surface area (TPSA) is 172 Å². The first-order valence-corrected chi connectivity index (χ1v) is 14.4. The summed E-state index contributed by atoms with van der Waals surface area (Å²) in [4.78, 5) is 53.9. The van der Waals surface area contributed by atoms with Crippen LogP contribution in [0.25, 0.3) is 10.4 Å². The Labute approximate surface area is 257 Å². The largest absolute Gasteiger partial charge is 0.481 e. The van der Waals surface area contributed by atoms with Crippen molar-refractivity contribution in [2.24, 2.45) is 11.0 Å². The minimum Gasteiger partial charge on any atom is -0.481 e. The number of ether oxygens (including phenoxy) is 2. The van der Waals surface area contributed by atoms with Crippen molar-refractivity contribution in [2.75, 3.05) is 13.2 Å². The molecule has 2 aromatic rings. The Hall–Kier alpha value is -5.01. The smallest absolute Gasteiger partial charge is 0.408 e. The van der Waals surface area contributed by atoms with Crippen LogP contribution in [0, 0.1) is 18.3 Å². The maximum absolute atomic E-state index is 13.4. The fourth-order valence-corrected chi connectivity index (χ4v) is 4.24. The molecule has 0 saturated heterocycles. The fraction of sp³-hybridized carbons (Fsp3) is 0.438. The molecule has 0 aromatic heterocycles. The zero-order valence-electron chi connectivity index (χ0n) is 25.1. The number of nitrogens with zero attached hydrogens (tertiary/aromatic N) is 3. The maximum atomic E-state index is 13.4. The Morgan fingerprint density at radius 3 is 2.32 bits per heavy atom. The third kappa shape index (κ3) is 13.8. The van der Waals surface area contributed by atoms with Gasteiger partial charge in [0.25, 0.3) is 0 Å². The summed E-state index contributed by atoms with van der Waals surface area (Å²) in [5, 5.41) is 11.6. The van der Waals surface area contributed by atoms with Crippen LogP contribution in [-0.2, 0) is 32.1 Å². The van der Waals surface area contributed by atoms with Crippen LogP contribution < -0.4 is 20.7 Å². The van der Waals surface area contributed by atoms with Crippen LogP contribution in [0.5, 0.6) is 5.75 Å². The molecular formula is C32H40N6O6. The Kier molecular flexibility index (Phi) is 16.0. The molecule has 0 saturated carbocycles. The van der Waals surface area contributed by atoms with Crippen molar-refractivity contribution >= 4 is 24.2 Å². The lowest BCUT2D eigenvalue weighted by atomic mass is 10.0. The average molecular weight is 605 g/mol. The third-order valence-electron chi connectivity index (χ3n) is 6.42. The molecule has 3 N–H and O–H groups in total. The van der Waals surface area contributed by atoms with Crippen molar-refractivity contribution in [3.05, 3.63) is 76.2 Å². The van der Waals surface area contributed by atoms with E-state index in [0.29, 0.717) is 31.3 Å². The van der Waals surface area contributed by atoms with Gasteiger partial charge in [-0.05, 0) is 60.4 Å². The number of rotatable bonds is 19. The van der Waals surface area contributed by atoms with Crippen molar-refractivity contribution < 1.29 is 28.7 Å². The molecule has 0 bridgehead atoms. The van der Waals surface area contributed by atoms with E-state index in [1.807, 2.05) is 32.0 Å². The molecular weight excluding hydrogens is 564 g/mol. The van der Waals surface area contributed by atoms with Crippen LogP contribution in [0.3, 0.4) is 0 Å². The van der Waals surface area contributed by atoms with Crippen molar-refractivity contribution in [2.45, 2.75) is 70.7 Å². The van der Waals surface area contributed by atoms with E-state index in [1.54, 1.807) is 36.4 Å². The van der Waals surface area contributed by atoms with E-state index < -0.39 is 36.0 Å². The molecule has 2 aromatic carbocycles. The summed E-state index contributed by atoms with van der Waals surface area (Å²) >= 11 is 0. The number of azide groups is 1. The van der Waals surface area contributed by atoms with Crippen LogP contribution in [0.15, 0.2) is 59.7 Å². The minimum atomic E-state index is -1.01. The zero-order chi connectivity index (χ0) is 32.2. The minimum absolute atomic E-state index is 0.0179. The summed E-state index contributed by atoms with van der Waals surface area (Å²) in [6.07, 6.45) is 6.79. The van der Waals surface area contributed by atoms with Gasteiger partial charge in [-0.25, -0.2) is 4.79 Å². The standard InChI is InChI=1S/C32H40N6O6/c1-4-18-43-27-15-13-24(14-16-27)20-26(21-39)35-31(41)29(19-23(2)3)36-30(40)28(12-8-9-17-34-38-33)37-32(42)44-22-25-10-6-5-7-11-25/h1,5-7,10-11,13-16,21,23,26,28-29H,8-9,12,17-20,22H2,2-3H3,(H,35,41)(H,36,40)(H,37,42)/t26-,28-,29-/m0/s1. The Morgan fingerprint density at radius 2 is 1.68 bits per heavy atom. The Morgan fingerprint density at radius 1 is 0.977 bits per heavy atom. The predicted octanol–water partition coefficient (Wildman–Crippen LogP) is 4.23. The molecule has 0 spiro atoms. The van der Waals surface area contributed by atoms with E-state index in [9.17, 15) is 19.2 Å². The first kappa shape index (κ1) is 35.2. The Bertz CT molecular complexity index is 1290. The number of alkyl carbamates (subject to hydrolysis) is 1. The highest BCUT2D eigenvalue weighted by Crippen LogP contribution is 2.14. The average Bonchev–Trinajstić information content (AvgIpc) is 3.02. The van der Waals surface area contributed by atoms with Crippen molar-refractivity contribution in [3.8, 4) is 18.1 Å². The molecule has 0 aliphatic heterocycles. The molecule has 234 valence electrons. The predicted molar refractivity (Wildman–Crippen MR) is 165 cm³/mol. The highest BCUT2D eigenvalue weighted by atomic mass is 16.5. The number of hydrogen-bond acceptors (Lipinski definition) is 7. The second kappa shape index (κ2) is 20.0. The number of carbonyl (C=O) groups is 4. The molecule has 2 rings (SSSR count). The number of terminal acetylenes is 1. The quantitative estimate of drug-likeness (QED) is 0.0541. The molecule has 0 aliphatic carbocycles. The summed E-state index contributed by atoms with van der Waals surface area (Å²) in [7, 11) is 0. The van der Waals surface area contributed by atoms with Crippen LogP contribution in [0.4, 0.5) is 4.79 Å². The second-order valence-electron chi connectivity index (χ2n) is 10.5. The lowest BCUT2D eigenvalue weighted by molar-refractivity contribution is -0.131. The van der Waals surface area contributed by atoms with E-state index in [4.69, 9.17) is 21.4 Å². The number of aldehydes is 1. The van der Waals surface area contributed by atoms with Gasteiger partial charge in [-0.1, -0.05) is 73.8 Å². The molecule has 3 atom stereocenters. The molecule has 12 heteroatoms. The van der Waals surface area contributed by atoms with Gasteiger partial charge in [-0.2, -0.15) is 0 Å². The number of benzene rings is 2. The van der Waals surface area contributed by atoms with E-state index in [1.165, 1.54) is 0 Å². The van der Waals surface area contributed by atoms with E-state index in [0.717, 1.165) is 11.1 Å². The van der Waals surface area contributed by atoms with E-state index in [-0.39, 0.29) is 38.5 Å². The number of unbranched alkanes of at least 4 members (excludes halogenated alkanes) is 1. The first-order valence-electron chi connectivity index (χ1n) is 14.4. The van der Waals surface area contributed by atoms with Crippen molar-refractivity contribution in [1.82, 2.24) is 16.0 Å². The van der Waals surface area contributed by atoms with Crippen molar-refractivity contribution in [1.29, 1.82) is 0 Å². The molecule has 12 nitrogen and oxygen atoms in total. The summed E-state index contributed by atoms with van der Waals surface area (Å²) in [5.41, 5.74) is 10.1. The van der Waals surface area contributed by atoms with Crippen LogP contribution in [0.2, 0.25) is 0 Å². The number of amides is 3. The molecule has 0 fully saturated rings. The monoisotopic (exact) mass is 604 g/mol. The van der Waals surface area contributed by atoms with Gasteiger partial charge in [0, 0.05) is 11.5 Å². The van der Waals surface area contributed by atoms with E-state index >= 15 is 0 Å². The van der Waals surface area contributed by atoms with Gasteiger partial charge in [0.15, 0.2) is 0 Å². The Balaban J connectivity index is 2.07. The third-order valence-corrected chi connectivity index (χ3v) is 6.42. The van der Waals surface area contributed by atoms with Crippen molar-refractivity contribution in [3.63, 3.8) is 0 Å². The summed E-state index contributed by atoms with van der Waals surface area (Å²) in [6.45, 7) is 4.20. The number of carbonyl (C=O) groups excluding carboxylic acids is 4. The molecule has 0 heterocycles. The molecule has 0 aliphatic rings. The lowest BCUT2D eigenvalue weighted by Gasteiger charge is -2.25. The SMILES string of the molecule is C#CCOc1ccc(C[C@@H](C=O)NC(=O)[C@H](CC(C)C)NC(=O)[C@H](CCCCN=[N+]=[N-])NC(=O)OCc2ccccc2)cc1. The van der Waals surface area contributed by atoms with Gasteiger partial charge in [0.1, 0.15) is 37.3 Å². The van der Waals surface area contributed by atoms with Crippen LogP contribution in [0.1, 0.15) is 50.7 Å². The van der Waals surface area contributed by atoms with Crippen LogP contribution in [-0.4, -0.2) is 55.5 Å². The zero-order valence-corrected chi connectivity index (χ0v) is 25.1. The van der Waals surface area contributed by atoms with Gasteiger partial charge in [0.05, 0.1) is 6.04 Å². The van der Waals surface area contributed by atoms with Gasteiger partial charge >= 0.3 is 6.09 Å². The molecule has 0 unspecified atom stereocenters. The summed E-state index contributed by atoms with van der Waals surface area (Å²) < 4.78 is 10.7. The first-order chi connectivity index (χ1) is 21.2. The summed E-state index contributed by atoms with van der Waals surface area (Å²) in [6, 6.07) is 13.3. The molecule has 3 amide bonds. The highest BCUT2D eigenvalue weighted by Gasteiger charge is 2.28. The molecule has 0 radical (unpaired) electrons. The maximum Gasteiger partial charge on any atom is 0.408 e. The summed E-state index contributed by atoms with van der Waals surface area (Å²) in [5.74, 6) is 1.91. The van der Waals surface area contributed by atoms with Gasteiger partial charge in [-0.15, -0.1) is 6.42 Å². The molecule has 44 heavy (non-hydrogen) atoms. The fourth-order valence-electron chi connectivity index (χ4n) is 4.24.